The summed E-state index contributed by atoms with van der Waals surface area (Å²) in [6.45, 7) is 4.49. The number of nitro groups is 1. The summed E-state index contributed by atoms with van der Waals surface area (Å²) in [5.74, 6) is 1.23. The van der Waals surface area contributed by atoms with Crippen LogP contribution in [-0.4, -0.2) is 11.0 Å². The van der Waals surface area contributed by atoms with Gasteiger partial charge in [0, 0.05) is 12.1 Å². The van der Waals surface area contributed by atoms with E-state index >= 15 is 0 Å². The molecule has 0 saturated heterocycles. The molecule has 1 aromatic rings. The van der Waals surface area contributed by atoms with E-state index in [-0.39, 0.29) is 10.6 Å². The van der Waals surface area contributed by atoms with Gasteiger partial charge in [0.2, 0.25) is 0 Å². The predicted molar refractivity (Wildman–Crippen MR) is 72.7 cm³/mol. The van der Waals surface area contributed by atoms with Crippen LogP contribution in [0.3, 0.4) is 0 Å². The lowest BCUT2D eigenvalue weighted by Gasteiger charge is -2.35. The molecule has 1 N–H and O–H groups in total. The molecule has 0 spiro atoms. The topological polar surface area (TPSA) is 55.2 Å². The van der Waals surface area contributed by atoms with Gasteiger partial charge in [0.15, 0.2) is 0 Å². The van der Waals surface area contributed by atoms with Crippen molar-refractivity contribution < 1.29 is 4.92 Å². The number of nitro benzene ring substituents is 1. The van der Waals surface area contributed by atoms with Gasteiger partial charge in [-0.1, -0.05) is 38.8 Å². The Hall–Kier alpha value is -1.58. The van der Waals surface area contributed by atoms with E-state index < -0.39 is 0 Å². The highest BCUT2D eigenvalue weighted by Gasteiger charge is 2.28. The van der Waals surface area contributed by atoms with Crippen molar-refractivity contribution in [1.29, 1.82) is 0 Å². The van der Waals surface area contributed by atoms with E-state index in [1.807, 2.05) is 6.07 Å². The molecule has 3 atom stereocenters. The molecule has 98 valence electrons. The molecule has 0 aromatic heterocycles. The first-order chi connectivity index (χ1) is 8.59. The van der Waals surface area contributed by atoms with Crippen molar-refractivity contribution in [2.75, 3.05) is 5.32 Å². The normalized spacial score (nSPS) is 27.8. The maximum absolute atomic E-state index is 11.0. The Morgan fingerprint density at radius 1 is 1.28 bits per heavy atom. The summed E-state index contributed by atoms with van der Waals surface area (Å²) in [6.07, 6.45) is 3.55. The predicted octanol–water partition coefficient (Wildman–Crippen LogP) is 3.83. The Labute approximate surface area is 108 Å². The molecule has 1 fully saturated rings. The van der Waals surface area contributed by atoms with Gasteiger partial charge in [-0.15, -0.1) is 0 Å². The van der Waals surface area contributed by atoms with Crippen LogP contribution in [0.25, 0.3) is 0 Å². The second-order valence-corrected chi connectivity index (χ2v) is 5.29. The SMILES string of the molecule is C[C@@H]1[C@@H](C)CCC[C@H]1Nc1ccccc1[N+](=O)[O-]. The van der Waals surface area contributed by atoms with E-state index in [1.54, 1.807) is 18.2 Å². The van der Waals surface area contributed by atoms with Gasteiger partial charge in [-0.3, -0.25) is 10.1 Å². The minimum atomic E-state index is -0.320. The third-order valence-electron chi connectivity index (χ3n) is 4.15. The highest BCUT2D eigenvalue weighted by molar-refractivity contribution is 5.61. The minimum absolute atomic E-state index is 0.169. The highest BCUT2D eigenvalue weighted by atomic mass is 16.6. The van der Waals surface area contributed by atoms with Crippen LogP contribution in [-0.2, 0) is 0 Å². The Kier molecular flexibility index (Phi) is 3.84. The number of hydrogen-bond donors (Lipinski definition) is 1. The van der Waals surface area contributed by atoms with Gasteiger partial charge in [-0.05, 0) is 24.3 Å². The van der Waals surface area contributed by atoms with Gasteiger partial charge >= 0.3 is 0 Å². The molecule has 0 heterocycles. The quantitative estimate of drug-likeness (QED) is 0.653. The third-order valence-corrected chi connectivity index (χ3v) is 4.15. The van der Waals surface area contributed by atoms with Gasteiger partial charge in [-0.25, -0.2) is 0 Å². The van der Waals surface area contributed by atoms with Crippen LogP contribution in [0.15, 0.2) is 24.3 Å². The maximum Gasteiger partial charge on any atom is 0.292 e. The molecular weight excluding hydrogens is 228 g/mol. The van der Waals surface area contributed by atoms with Gasteiger partial charge in [0.05, 0.1) is 4.92 Å². The summed E-state index contributed by atoms with van der Waals surface area (Å²) in [6, 6.07) is 7.24. The Bertz CT molecular complexity index is 434. The number of rotatable bonds is 3. The van der Waals surface area contributed by atoms with Crippen LogP contribution in [0.1, 0.15) is 33.1 Å². The van der Waals surface area contributed by atoms with Crippen molar-refractivity contribution in [3.05, 3.63) is 34.4 Å². The summed E-state index contributed by atoms with van der Waals surface area (Å²) in [7, 11) is 0. The fourth-order valence-electron chi connectivity index (χ4n) is 2.74. The molecule has 4 heteroatoms. The van der Waals surface area contributed by atoms with E-state index in [0.29, 0.717) is 23.6 Å². The number of anilines is 1. The molecule has 18 heavy (non-hydrogen) atoms. The number of nitrogens with zero attached hydrogens (tertiary/aromatic N) is 1. The zero-order valence-electron chi connectivity index (χ0n) is 10.9. The fourth-order valence-corrected chi connectivity index (χ4v) is 2.74. The van der Waals surface area contributed by atoms with E-state index in [4.69, 9.17) is 0 Å². The lowest BCUT2D eigenvalue weighted by Crippen LogP contribution is -2.35. The van der Waals surface area contributed by atoms with Crippen molar-refractivity contribution in [2.24, 2.45) is 11.8 Å². The molecule has 4 nitrogen and oxygen atoms in total. The van der Waals surface area contributed by atoms with E-state index in [2.05, 4.69) is 19.2 Å². The number of hydrogen-bond acceptors (Lipinski definition) is 3. The summed E-state index contributed by atoms with van der Waals surface area (Å²) >= 11 is 0. The minimum Gasteiger partial charge on any atom is -0.376 e. The molecule has 1 aliphatic carbocycles. The first-order valence-electron chi connectivity index (χ1n) is 6.59. The van der Waals surface area contributed by atoms with E-state index in [9.17, 15) is 10.1 Å². The van der Waals surface area contributed by atoms with E-state index in [1.165, 1.54) is 12.8 Å². The Morgan fingerprint density at radius 3 is 2.72 bits per heavy atom. The summed E-state index contributed by atoms with van der Waals surface area (Å²) < 4.78 is 0. The summed E-state index contributed by atoms with van der Waals surface area (Å²) in [4.78, 5) is 10.7. The third kappa shape index (κ3) is 2.63. The number of benzene rings is 1. The van der Waals surface area contributed by atoms with Crippen LogP contribution in [0.2, 0.25) is 0 Å². The summed E-state index contributed by atoms with van der Waals surface area (Å²) in [5, 5.41) is 14.3. The lowest BCUT2D eigenvalue weighted by molar-refractivity contribution is -0.384. The Balaban J connectivity index is 2.16. The molecule has 1 aliphatic rings. The zero-order chi connectivity index (χ0) is 13.1. The zero-order valence-corrected chi connectivity index (χ0v) is 10.9. The average molecular weight is 248 g/mol. The molecule has 0 radical (unpaired) electrons. The lowest BCUT2D eigenvalue weighted by atomic mass is 9.78. The summed E-state index contributed by atoms with van der Waals surface area (Å²) in [5.41, 5.74) is 0.816. The van der Waals surface area contributed by atoms with Crippen molar-refractivity contribution in [1.82, 2.24) is 0 Å². The Morgan fingerprint density at radius 2 is 2.00 bits per heavy atom. The molecule has 0 aliphatic heterocycles. The molecule has 0 amide bonds. The van der Waals surface area contributed by atoms with Gasteiger partial charge in [0.25, 0.3) is 5.69 Å². The number of para-hydroxylation sites is 2. The molecule has 1 aromatic carbocycles. The van der Waals surface area contributed by atoms with Crippen LogP contribution >= 0.6 is 0 Å². The van der Waals surface area contributed by atoms with Crippen molar-refractivity contribution in [3.63, 3.8) is 0 Å². The van der Waals surface area contributed by atoms with Crippen molar-refractivity contribution in [2.45, 2.75) is 39.2 Å². The first kappa shape index (κ1) is 12.9. The number of nitrogens with one attached hydrogen (secondary N) is 1. The molecule has 2 rings (SSSR count). The second kappa shape index (κ2) is 5.38. The van der Waals surface area contributed by atoms with Gasteiger partial charge < -0.3 is 5.32 Å². The van der Waals surface area contributed by atoms with Gasteiger partial charge in [-0.2, -0.15) is 0 Å². The van der Waals surface area contributed by atoms with E-state index in [0.717, 1.165) is 6.42 Å². The molecular formula is C14H20N2O2. The molecule has 0 bridgehead atoms. The second-order valence-electron chi connectivity index (χ2n) is 5.29. The highest BCUT2D eigenvalue weighted by Crippen LogP contribution is 2.33. The van der Waals surface area contributed by atoms with Crippen LogP contribution in [0, 0.1) is 22.0 Å². The first-order valence-corrected chi connectivity index (χ1v) is 6.59. The van der Waals surface area contributed by atoms with Crippen molar-refractivity contribution >= 4 is 11.4 Å². The maximum atomic E-state index is 11.0. The molecule has 1 saturated carbocycles. The fraction of sp³-hybridized carbons (Fsp3) is 0.571. The van der Waals surface area contributed by atoms with Crippen LogP contribution in [0.5, 0.6) is 0 Å². The van der Waals surface area contributed by atoms with Crippen LogP contribution < -0.4 is 5.32 Å². The smallest absolute Gasteiger partial charge is 0.292 e. The largest absolute Gasteiger partial charge is 0.376 e. The molecule has 0 unspecified atom stereocenters. The van der Waals surface area contributed by atoms with Crippen LogP contribution in [0.4, 0.5) is 11.4 Å². The monoisotopic (exact) mass is 248 g/mol. The standard InChI is InChI=1S/C14H20N2O2/c1-10-6-5-8-12(11(10)2)15-13-7-3-4-9-14(13)16(17)18/h3-4,7,9-12,15H,5-6,8H2,1-2H3/t10-,11+,12+/m0/s1. The van der Waals surface area contributed by atoms with Gasteiger partial charge in [0.1, 0.15) is 5.69 Å². The van der Waals surface area contributed by atoms with Crippen molar-refractivity contribution in [3.8, 4) is 0 Å². The average Bonchev–Trinajstić information content (AvgIpc) is 2.35.